The molecule has 1 heterocycles. The summed E-state index contributed by atoms with van der Waals surface area (Å²) in [5.41, 5.74) is 3.00. The van der Waals surface area contributed by atoms with E-state index in [2.05, 4.69) is 15.0 Å². The van der Waals surface area contributed by atoms with E-state index in [0.717, 1.165) is 16.7 Å². The maximum Gasteiger partial charge on any atom is 0.488 e. The number of rotatable bonds is 4. The van der Waals surface area contributed by atoms with Gasteiger partial charge in [-0.2, -0.15) is 0 Å². The molecule has 0 unspecified atom stereocenters. The van der Waals surface area contributed by atoms with Gasteiger partial charge in [0.25, 0.3) is 0 Å². The Morgan fingerprint density at radius 1 is 0.481 bits per heavy atom. The van der Waals surface area contributed by atoms with Crippen LogP contribution in [0.15, 0.2) is 84.9 Å². The molecule has 1 aromatic heterocycles. The van der Waals surface area contributed by atoms with Crippen molar-refractivity contribution in [1.29, 1.82) is 0 Å². The Bertz CT molecular complexity index is 982. The fourth-order valence-corrected chi connectivity index (χ4v) is 2.74. The third-order valence-corrected chi connectivity index (χ3v) is 4.17. The van der Waals surface area contributed by atoms with Crippen LogP contribution in [0.3, 0.4) is 0 Å². The normalized spacial score (nSPS) is 10.6. The molecule has 2 N–H and O–H groups in total. The lowest BCUT2D eigenvalue weighted by atomic mass is 9.80. The summed E-state index contributed by atoms with van der Waals surface area (Å²) in [6, 6.07) is 26.3. The molecule has 0 bridgehead atoms. The maximum atomic E-state index is 9.29. The second-order valence-corrected chi connectivity index (χ2v) is 6.03. The summed E-state index contributed by atoms with van der Waals surface area (Å²) in [6.45, 7) is 0. The van der Waals surface area contributed by atoms with Crippen molar-refractivity contribution >= 4 is 12.6 Å². The molecule has 0 amide bonds. The Morgan fingerprint density at radius 3 is 1.22 bits per heavy atom. The first-order chi connectivity index (χ1) is 13.2. The summed E-state index contributed by atoms with van der Waals surface area (Å²) in [5.74, 6) is 1.71. The molecule has 3 aromatic carbocycles. The van der Waals surface area contributed by atoms with E-state index in [0.29, 0.717) is 22.9 Å². The first-order valence-corrected chi connectivity index (χ1v) is 8.54. The molecular weight excluding hydrogens is 337 g/mol. The summed E-state index contributed by atoms with van der Waals surface area (Å²) in [4.78, 5) is 13.9. The fraction of sp³-hybridized carbons (Fsp3) is 0. The Balaban J connectivity index is 1.85. The van der Waals surface area contributed by atoms with Gasteiger partial charge in [0.15, 0.2) is 17.5 Å². The minimum Gasteiger partial charge on any atom is -0.423 e. The quantitative estimate of drug-likeness (QED) is 0.552. The molecule has 0 saturated carbocycles. The third kappa shape index (κ3) is 3.77. The topological polar surface area (TPSA) is 79.1 Å². The first-order valence-electron chi connectivity index (χ1n) is 8.54. The number of hydrogen-bond donors (Lipinski definition) is 2. The SMILES string of the molecule is OB(O)c1ccc(-c2nc(-c3ccccc3)nc(-c3ccccc3)n2)cc1. The van der Waals surface area contributed by atoms with Crippen LogP contribution in [0.25, 0.3) is 34.2 Å². The van der Waals surface area contributed by atoms with Crippen LogP contribution >= 0.6 is 0 Å². The predicted molar refractivity (Wildman–Crippen MR) is 106 cm³/mol. The van der Waals surface area contributed by atoms with Gasteiger partial charge in [-0.3, -0.25) is 0 Å². The lowest BCUT2D eigenvalue weighted by molar-refractivity contribution is 0.426. The van der Waals surface area contributed by atoms with Gasteiger partial charge in [0.05, 0.1) is 0 Å². The van der Waals surface area contributed by atoms with Crippen molar-refractivity contribution in [2.24, 2.45) is 0 Å². The largest absolute Gasteiger partial charge is 0.488 e. The van der Waals surface area contributed by atoms with Gasteiger partial charge in [0.1, 0.15) is 0 Å². The van der Waals surface area contributed by atoms with E-state index in [9.17, 15) is 10.0 Å². The zero-order valence-electron chi connectivity index (χ0n) is 14.4. The second kappa shape index (κ2) is 7.49. The third-order valence-electron chi connectivity index (χ3n) is 4.17. The van der Waals surface area contributed by atoms with Crippen molar-refractivity contribution in [1.82, 2.24) is 15.0 Å². The molecule has 0 spiro atoms. The van der Waals surface area contributed by atoms with Crippen LogP contribution in [0.1, 0.15) is 0 Å². The molecule has 0 aliphatic carbocycles. The van der Waals surface area contributed by atoms with E-state index in [1.807, 2.05) is 60.7 Å². The van der Waals surface area contributed by atoms with Crippen LogP contribution in [0, 0.1) is 0 Å². The highest BCUT2D eigenvalue weighted by molar-refractivity contribution is 6.58. The zero-order chi connectivity index (χ0) is 18.6. The van der Waals surface area contributed by atoms with Gasteiger partial charge in [0.2, 0.25) is 0 Å². The van der Waals surface area contributed by atoms with Crippen molar-refractivity contribution in [3.05, 3.63) is 84.9 Å². The minimum absolute atomic E-state index is 0.416. The maximum absolute atomic E-state index is 9.29. The van der Waals surface area contributed by atoms with E-state index in [4.69, 9.17) is 0 Å². The lowest BCUT2D eigenvalue weighted by Crippen LogP contribution is -2.29. The summed E-state index contributed by atoms with van der Waals surface area (Å²) in [5, 5.41) is 18.6. The molecule has 0 fully saturated rings. The highest BCUT2D eigenvalue weighted by atomic mass is 16.4. The van der Waals surface area contributed by atoms with Gasteiger partial charge in [-0.1, -0.05) is 84.9 Å². The molecule has 0 atom stereocenters. The number of hydrogen-bond acceptors (Lipinski definition) is 5. The number of nitrogens with zero attached hydrogens (tertiary/aromatic N) is 3. The van der Waals surface area contributed by atoms with E-state index >= 15 is 0 Å². The molecule has 0 aliphatic heterocycles. The van der Waals surface area contributed by atoms with E-state index in [-0.39, 0.29) is 0 Å². The Hall–Kier alpha value is -3.35. The van der Waals surface area contributed by atoms with Crippen molar-refractivity contribution in [2.45, 2.75) is 0 Å². The summed E-state index contributed by atoms with van der Waals surface area (Å²) in [7, 11) is -1.50. The predicted octanol–water partition coefficient (Wildman–Crippen LogP) is 2.55. The Labute approximate surface area is 157 Å². The smallest absolute Gasteiger partial charge is 0.423 e. The Morgan fingerprint density at radius 2 is 0.852 bits per heavy atom. The molecule has 6 heteroatoms. The van der Waals surface area contributed by atoms with Gasteiger partial charge < -0.3 is 10.0 Å². The van der Waals surface area contributed by atoms with Gasteiger partial charge in [-0.15, -0.1) is 0 Å². The lowest BCUT2D eigenvalue weighted by Gasteiger charge is -2.08. The van der Waals surface area contributed by atoms with Gasteiger partial charge in [0, 0.05) is 16.7 Å². The summed E-state index contributed by atoms with van der Waals surface area (Å²) >= 11 is 0. The molecule has 0 radical (unpaired) electrons. The number of benzene rings is 3. The molecule has 0 saturated heterocycles. The summed E-state index contributed by atoms with van der Waals surface area (Å²) < 4.78 is 0. The standard InChI is InChI=1S/C21H16BN3O2/c26-22(27)18-13-11-17(12-14-18)21-24-19(15-7-3-1-4-8-15)23-20(25-21)16-9-5-2-6-10-16/h1-14,26-27H. The minimum atomic E-state index is -1.50. The molecule has 0 aliphatic rings. The van der Waals surface area contributed by atoms with Crippen molar-refractivity contribution < 1.29 is 10.0 Å². The number of aromatic nitrogens is 3. The Kier molecular flexibility index (Phi) is 4.74. The van der Waals surface area contributed by atoms with Crippen molar-refractivity contribution in [3.63, 3.8) is 0 Å². The molecule has 130 valence electrons. The van der Waals surface area contributed by atoms with E-state index < -0.39 is 7.12 Å². The van der Waals surface area contributed by atoms with E-state index in [1.54, 1.807) is 24.3 Å². The fourth-order valence-electron chi connectivity index (χ4n) is 2.74. The van der Waals surface area contributed by atoms with Crippen LogP contribution in [-0.4, -0.2) is 32.1 Å². The van der Waals surface area contributed by atoms with E-state index in [1.165, 1.54) is 0 Å². The molecular formula is C21H16BN3O2. The van der Waals surface area contributed by atoms with Gasteiger partial charge in [-0.25, -0.2) is 15.0 Å². The van der Waals surface area contributed by atoms with Crippen LogP contribution < -0.4 is 5.46 Å². The zero-order valence-corrected chi connectivity index (χ0v) is 14.4. The average Bonchev–Trinajstić information content (AvgIpc) is 2.75. The molecule has 27 heavy (non-hydrogen) atoms. The van der Waals surface area contributed by atoms with Crippen molar-refractivity contribution in [3.8, 4) is 34.2 Å². The average molecular weight is 353 g/mol. The van der Waals surface area contributed by atoms with Crippen LogP contribution in [0.2, 0.25) is 0 Å². The van der Waals surface area contributed by atoms with Crippen LogP contribution in [0.4, 0.5) is 0 Å². The second-order valence-electron chi connectivity index (χ2n) is 6.03. The van der Waals surface area contributed by atoms with Crippen molar-refractivity contribution in [2.75, 3.05) is 0 Å². The molecule has 4 rings (SSSR count). The molecule has 5 nitrogen and oxygen atoms in total. The highest BCUT2D eigenvalue weighted by Crippen LogP contribution is 2.24. The molecule has 4 aromatic rings. The summed E-state index contributed by atoms with van der Waals surface area (Å²) in [6.07, 6.45) is 0. The monoisotopic (exact) mass is 353 g/mol. The first kappa shape index (κ1) is 17.1. The van der Waals surface area contributed by atoms with Gasteiger partial charge >= 0.3 is 7.12 Å². The van der Waals surface area contributed by atoms with Crippen LogP contribution in [0.5, 0.6) is 0 Å². The van der Waals surface area contributed by atoms with Gasteiger partial charge in [-0.05, 0) is 5.46 Å². The highest BCUT2D eigenvalue weighted by Gasteiger charge is 2.14. The van der Waals surface area contributed by atoms with Crippen LogP contribution in [-0.2, 0) is 0 Å².